The summed E-state index contributed by atoms with van der Waals surface area (Å²) in [5.74, 6) is 0.0513. The van der Waals surface area contributed by atoms with E-state index in [-0.39, 0.29) is 5.97 Å². The Morgan fingerprint density at radius 2 is 1.82 bits per heavy atom. The molecule has 1 aromatic rings. The number of carboxylic acid groups (broad SMARTS) is 1. The third-order valence-corrected chi connectivity index (χ3v) is 2.95. The molecule has 7 heteroatoms. The van der Waals surface area contributed by atoms with Crippen molar-refractivity contribution in [3.63, 3.8) is 0 Å². The van der Waals surface area contributed by atoms with Crippen molar-refractivity contribution in [1.82, 2.24) is 5.32 Å². The lowest BCUT2D eigenvalue weighted by Gasteiger charge is -2.19. The summed E-state index contributed by atoms with van der Waals surface area (Å²) in [7, 11) is 0. The maximum Gasteiger partial charge on any atom is 0.404 e. The van der Waals surface area contributed by atoms with Crippen LogP contribution in [-0.4, -0.2) is 35.2 Å². The predicted molar refractivity (Wildman–Crippen MR) is 91.0 cm³/mol. The average Bonchev–Trinajstić information content (AvgIpc) is 2.44. The molecule has 22 heavy (non-hydrogen) atoms. The quantitative estimate of drug-likeness (QED) is 0.597. The van der Waals surface area contributed by atoms with Gasteiger partial charge in [-0.15, -0.1) is 11.6 Å². The molecule has 0 saturated carbocycles. The predicted octanol–water partition coefficient (Wildman–Crippen LogP) is 4.03. The normalized spacial score (nSPS) is 10.2. The number of carbonyl (C=O) groups is 2. The first-order valence-electron chi connectivity index (χ1n) is 6.60. The van der Waals surface area contributed by atoms with E-state index in [1.807, 2.05) is 32.9 Å². The van der Waals surface area contributed by atoms with Crippen molar-refractivity contribution in [2.75, 3.05) is 12.4 Å². The summed E-state index contributed by atoms with van der Waals surface area (Å²) in [5, 5.41) is 10.7. The highest BCUT2D eigenvalue weighted by Crippen LogP contribution is 2.13. The molecule has 0 heterocycles. The number of hydrogen-bond donors (Lipinski definition) is 2. The Balaban J connectivity index is 0.000000534. The van der Waals surface area contributed by atoms with Gasteiger partial charge in [0.25, 0.3) is 0 Å². The van der Waals surface area contributed by atoms with Crippen molar-refractivity contribution in [3.05, 3.63) is 35.4 Å². The summed E-state index contributed by atoms with van der Waals surface area (Å²) in [5.41, 5.74) is 1.29. The molecular weight excluding hydrogens is 374 g/mol. The molecule has 1 rings (SSSR count). The van der Waals surface area contributed by atoms with Crippen LogP contribution in [0, 0.1) is 0 Å². The lowest BCUT2D eigenvalue weighted by atomic mass is 10.1. The molecule has 0 aliphatic carbocycles. The van der Waals surface area contributed by atoms with Crippen molar-refractivity contribution in [2.24, 2.45) is 0 Å². The zero-order valence-corrected chi connectivity index (χ0v) is 15.2. The van der Waals surface area contributed by atoms with Crippen LogP contribution in [-0.2, 0) is 10.1 Å². The number of alkyl halides is 2. The molecule has 0 bridgehead atoms. The van der Waals surface area contributed by atoms with Gasteiger partial charge in [-0.1, -0.05) is 28.1 Å². The molecule has 0 aromatic heterocycles. The SMILES string of the molecule is CC(C)(C)OC(=O)c1ccc(CBr)cc1.O=C(O)NCCCl. The summed E-state index contributed by atoms with van der Waals surface area (Å²) in [4.78, 5) is 21.2. The molecule has 2 N–H and O–H groups in total. The van der Waals surface area contributed by atoms with Crippen LogP contribution >= 0.6 is 27.5 Å². The monoisotopic (exact) mass is 393 g/mol. The van der Waals surface area contributed by atoms with Gasteiger partial charge in [-0.25, -0.2) is 9.59 Å². The number of halogens is 2. The first-order valence-corrected chi connectivity index (χ1v) is 8.26. The lowest BCUT2D eigenvalue weighted by Crippen LogP contribution is -2.23. The molecule has 1 amide bonds. The molecule has 0 fully saturated rings. The third kappa shape index (κ3) is 10.5. The zero-order chi connectivity index (χ0) is 17.2. The fourth-order valence-electron chi connectivity index (χ4n) is 1.22. The smallest absolute Gasteiger partial charge is 0.404 e. The van der Waals surface area contributed by atoms with Gasteiger partial charge < -0.3 is 15.2 Å². The molecule has 0 spiro atoms. The molecular formula is C15H21BrClNO4. The minimum absolute atomic E-state index is 0.274. The highest BCUT2D eigenvalue weighted by Gasteiger charge is 2.17. The van der Waals surface area contributed by atoms with Gasteiger partial charge in [0.15, 0.2) is 0 Å². The Kier molecular flexibility index (Phi) is 9.85. The Morgan fingerprint density at radius 3 is 2.14 bits per heavy atom. The van der Waals surface area contributed by atoms with Gasteiger partial charge in [0, 0.05) is 17.8 Å². The molecule has 0 unspecified atom stereocenters. The standard InChI is InChI=1S/C12H15BrO2.C3H6ClNO2/c1-12(2,3)15-11(14)10-6-4-9(8-13)5-7-10;4-1-2-5-3(6)7/h4-7H,8H2,1-3H3;5H,1-2H2,(H,6,7). The summed E-state index contributed by atoms with van der Waals surface area (Å²) in [6.45, 7) is 5.89. The molecule has 5 nitrogen and oxygen atoms in total. The first-order chi connectivity index (χ1) is 10.2. The number of carbonyl (C=O) groups excluding carboxylic acids is 1. The Bertz CT molecular complexity index is 471. The van der Waals surface area contributed by atoms with E-state index in [0.29, 0.717) is 18.0 Å². The van der Waals surface area contributed by atoms with E-state index < -0.39 is 11.7 Å². The molecule has 0 radical (unpaired) electrons. The fourth-order valence-corrected chi connectivity index (χ4v) is 1.69. The number of esters is 1. The number of amides is 1. The van der Waals surface area contributed by atoms with Crippen molar-refractivity contribution in [3.8, 4) is 0 Å². The van der Waals surface area contributed by atoms with Crippen LogP contribution in [0.3, 0.4) is 0 Å². The average molecular weight is 395 g/mol. The van der Waals surface area contributed by atoms with Crippen LogP contribution in [0.4, 0.5) is 4.79 Å². The van der Waals surface area contributed by atoms with Gasteiger partial charge in [-0.05, 0) is 38.5 Å². The number of benzene rings is 1. The van der Waals surface area contributed by atoms with Crippen LogP contribution in [0.5, 0.6) is 0 Å². The molecule has 124 valence electrons. The summed E-state index contributed by atoms with van der Waals surface area (Å²) in [6.07, 6.45) is -1.03. The molecule has 0 saturated heterocycles. The van der Waals surface area contributed by atoms with Crippen molar-refractivity contribution < 1.29 is 19.4 Å². The van der Waals surface area contributed by atoms with Gasteiger partial charge in [0.1, 0.15) is 5.60 Å². The molecule has 0 atom stereocenters. The van der Waals surface area contributed by atoms with Crippen LogP contribution in [0.2, 0.25) is 0 Å². The first kappa shape index (κ1) is 20.7. The minimum atomic E-state index is -1.03. The Labute approximate surface area is 144 Å². The van der Waals surface area contributed by atoms with Crippen molar-refractivity contribution in [2.45, 2.75) is 31.7 Å². The van der Waals surface area contributed by atoms with Crippen LogP contribution < -0.4 is 5.32 Å². The van der Waals surface area contributed by atoms with Crippen LogP contribution in [0.1, 0.15) is 36.7 Å². The minimum Gasteiger partial charge on any atom is -0.465 e. The second-order valence-electron chi connectivity index (χ2n) is 5.25. The topological polar surface area (TPSA) is 75.6 Å². The second-order valence-corrected chi connectivity index (χ2v) is 6.19. The highest BCUT2D eigenvalue weighted by molar-refractivity contribution is 9.08. The van der Waals surface area contributed by atoms with Crippen molar-refractivity contribution in [1.29, 1.82) is 0 Å². The Hall–Kier alpha value is -1.27. The van der Waals surface area contributed by atoms with Gasteiger partial charge in [0.05, 0.1) is 5.56 Å². The molecule has 0 aliphatic heterocycles. The second kappa shape index (κ2) is 10.5. The van der Waals surface area contributed by atoms with Crippen LogP contribution in [0.25, 0.3) is 0 Å². The Morgan fingerprint density at radius 1 is 1.27 bits per heavy atom. The number of rotatable bonds is 4. The van der Waals surface area contributed by atoms with Gasteiger partial charge in [-0.3, -0.25) is 0 Å². The number of nitrogens with one attached hydrogen (secondary N) is 1. The van der Waals surface area contributed by atoms with E-state index in [2.05, 4.69) is 21.2 Å². The van der Waals surface area contributed by atoms with E-state index in [1.54, 1.807) is 12.1 Å². The summed E-state index contributed by atoms with van der Waals surface area (Å²) < 4.78 is 5.25. The highest BCUT2D eigenvalue weighted by atomic mass is 79.9. The largest absolute Gasteiger partial charge is 0.465 e. The maximum atomic E-state index is 11.6. The van der Waals surface area contributed by atoms with E-state index in [1.165, 1.54) is 0 Å². The van der Waals surface area contributed by atoms with Crippen LogP contribution in [0.15, 0.2) is 24.3 Å². The van der Waals surface area contributed by atoms with Gasteiger partial charge in [-0.2, -0.15) is 0 Å². The summed E-state index contributed by atoms with van der Waals surface area (Å²) >= 11 is 8.47. The molecule has 0 aliphatic rings. The third-order valence-electron chi connectivity index (χ3n) is 2.11. The number of hydrogen-bond acceptors (Lipinski definition) is 3. The van der Waals surface area contributed by atoms with E-state index in [9.17, 15) is 9.59 Å². The van der Waals surface area contributed by atoms with E-state index in [4.69, 9.17) is 21.4 Å². The lowest BCUT2D eigenvalue weighted by molar-refractivity contribution is 0.00695. The van der Waals surface area contributed by atoms with E-state index >= 15 is 0 Å². The fraction of sp³-hybridized carbons (Fsp3) is 0.467. The number of ether oxygens (including phenoxy) is 1. The van der Waals surface area contributed by atoms with E-state index in [0.717, 1.165) is 10.9 Å². The van der Waals surface area contributed by atoms with Crippen molar-refractivity contribution >= 4 is 39.6 Å². The summed E-state index contributed by atoms with van der Waals surface area (Å²) in [6, 6.07) is 7.39. The van der Waals surface area contributed by atoms with Gasteiger partial charge in [0.2, 0.25) is 0 Å². The zero-order valence-electron chi connectivity index (χ0n) is 12.9. The van der Waals surface area contributed by atoms with Gasteiger partial charge >= 0.3 is 12.1 Å². The maximum absolute atomic E-state index is 11.6. The molecule has 1 aromatic carbocycles.